The van der Waals surface area contributed by atoms with Gasteiger partial charge in [0.25, 0.3) is 0 Å². The molecule has 79 heavy (non-hydrogen) atoms. The van der Waals surface area contributed by atoms with E-state index in [1.54, 1.807) is 0 Å². The van der Waals surface area contributed by atoms with Gasteiger partial charge in [-0.25, -0.2) is 4.57 Å². The quantitative estimate of drug-likeness (QED) is 0.0264. The minimum atomic E-state index is -4.41. The summed E-state index contributed by atoms with van der Waals surface area (Å²) in [5, 5.41) is 0. The molecule has 9 nitrogen and oxygen atoms in total. The molecule has 0 aromatic carbocycles. The molecule has 0 aliphatic heterocycles. The zero-order valence-corrected chi connectivity index (χ0v) is 51.2. The van der Waals surface area contributed by atoms with Gasteiger partial charge in [-0.15, -0.1) is 0 Å². The lowest BCUT2D eigenvalue weighted by Gasteiger charge is -2.19. The fraction of sp³-hybridized carbons (Fsp3) is 0.652. The standard InChI is InChI=1S/C69H116NO8P/c1-3-5-7-9-11-13-15-17-19-21-23-24-25-26-27-28-29-30-31-32-33-34-35-36-37-38-39-40-41-42-44-45-47-49-51-53-55-57-59-61-68(71)75-65-67(66-77-79(73,74)76-64-63-70)78-69(72)62-60-58-56-54-52-50-48-46-43-22-20-18-16-14-12-10-8-6-4-2/h5-8,11-14,17-20,23-24,26-27,43,46,50,52,56,58,67H,3-4,9-10,15-16,21-22,25,28-42,44-45,47-49,51,53-55,57,59-66,70H2,1-2H3,(H,73,74)/b7-5-,8-6-,13-11-,14-12-,19-17-,20-18-,24-23-,27-26-,46-43-,52-50-,58-56-. The Kier molecular flexibility index (Phi) is 60.2. The molecule has 0 heterocycles. The van der Waals surface area contributed by atoms with Crippen LogP contribution in [0.25, 0.3) is 0 Å². The van der Waals surface area contributed by atoms with E-state index in [0.717, 1.165) is 89.9 Å². The Morgan fingerprint density at radius 3 is 1.03 bits per heavy atom. The molecule has 0 bridgehead atoms. The zero-order valence-electron chi connectivity index (χ0n) is 50.3. The van der Waals surface area contributed by atoms with E-state index in [2.05, 4.69) is 135 Å². The number of phosphoric acid groups is 1. The smallest absolute Gasteiger partial charge is 0.462 e. The number of esters is 2. The van der Waals surface area contributed by atoms with Gasteiger partial charge in [0.05, 0.1) is 13.2 Å². The van der Waals surface area contributed by atoms with Crippen molar-refractivity contribution in [2.24, 2.45) is 5.73 Å². The van der Waals surface area contributed by atoms with Crippen molar-refractivity contribution in [2.75, 3.05) is 26.4 Å². The van der Waals surface area contributed by atoms with Crippen molar-refractivity contribution in [3.63, 3.8) is 0 Å². The summed E-state index contributed by atoms with van der Waals surface area (Å²) in [6, 6.07) is 0. The number of ether oxygens (including phenoxy) is 2. The number of carbonyl (C=O) groups is 2. The number of hydrogen-bond donors (Lipinski definition) is 2. The summed E-state index contributed by atoms with van der Waals surface area (Å²) in [5.74, 6) is -0.926. The minimum Gasteiger partial charge on any atom is -0.462 e. The topological polar surface area (TPSA) is 134 Å². The Labute approximate surface area is 484 Å². The largest absolute Gasteiger partial charge is 0.472 e. The predicted molar refractivity (Wildman–Crippen MR) is 339 cm³/mol. The van der Waals surface area contributed by atoms with Crippen LogP contribution in [-0.2, 0) is 32.7 Å². The Bertz CT molecular complexity index is 1750. The summed E-state index contributed by atoms with van der Waals surface area (Å²) < 4.78 is 32.9. The summed E-state index contributed by atoms with van der Waals surface area (Å²) in [4.78, 5) is 35.2. The fourth-order valence-electron chi connectivity index (χ4n) is 8.45. The van der Waals surface area contributed by atoms with Gasteiger partial charge in [0, 0.05) is 19.4 Å². The van der Waals surface area contributed by atoms with Crippen LogP contribution in [0.5, 0.6) is 0 Å². The van der Waals surface area contributed by atoms with Crippen LogP contribution in [0.4, 0.5) is 0 Å². The molecule has 3 N–H and O–H groups in total. The number of phosphoric ester groups is 1. The van der Waals surface area contributed by atoms with E-state index in [-0.39, 0.29) is 32.6 Å². The molecule has 2 unspecified atom stereocenters. The summed E-state index contributed by atoms with van der Waals surface area (Å²) in [5.41, 5.74) is 5.38. The van der Waals surface area contributed by atoms with Crippen molar-refractivity contribution >= 4 is 19.8 Å². The van der Waals surface area contributed by atoms with E-state index in [1.807, 2.05) is 12.2 Å². The van der Waals surface area contributed by atoms with Crippen LogP contribution in [0.3, 0.4) is 0 Å². The van der Waals surface area contributed by atoms with E-state index in [4.69, 9.17) is 24.3 Å². The molecular weight excluding hydrogens is 1000 g/mol. The van der Waals surface area contributed by atoms with Crippen LogP contribution in [0.1, 0.15) is 258 Å². The average molecular weight is 1120 g/mol. The number of hydrogen-bond acceptors (Lipinski definition) is 8. The van der Waals surface area contributed by atoms with Gasteiger partial charge in [0.1, 0.15) is 6.61 Å². The van der Waals surface area contributed by atoms with E-state index < -0.39 is 32.5 Å². The third-order valence-electron chi connectivity index (χ3n) is 13.0. The van der Waals surface area contributed by atoms with Crippen molar-refractivity contribution < 1.29 is 37.6 Å². The molecular formula is C69H116NO8P. The molecule has 0 aliphatic rings. The summed E-state index contributed by atoms with van der Waals surface area (Å²) in [7, 11) is -4.41. The fourth-order valence-corrected chi connectivity index (χ4v) is 9.22. The average Bonchev–Trinajstić information content (AvgIpc) is 3.44. The van der Waals surface area contributed by atoms with Crippen LogP contribution < -0.4 is 5.73 Å². The normalized spacial score (nSPS) is 13.9. The lowest BCUT2D eigenvalue weighted by molar-refractivity contribution is -0.161. The van der Waals surface area contributed by atoms with Crippen LogP contribution in [0, 0.1) is 0 Å². The molecule has 0 spiro atoms. The highest BCUT2D eigenvalue weighted by Gasteiger charge is 2.26. The van der Waals surface area contributed by atoms with Gasteiger partial charge in [0.15, 0.2) is 6.10 Å². The molecule has 10 heteroatoms. The second-order valence-corrected chi connectivity index (χ2v) is 22.0. The molecule has 0 saturated carbocycles. The highest BCUT2D eigenvalue weighted by molar-refractivity contribution is 7.47. The maximum absolute atomic E-state index is 12.7. The maximum atomic E-state index is 12.7. The molecule has 450 valence electrons. The van der Waals surface area contributed by atoms with Gasteiger partial charge in [-0.2, -0.15) is 0 Å². The SMILES string of the molecule is CC/C=C\C/C=C\C/C=C\C/C=C\C/C=C\C/C=C\CCC(=O)OC(COC(=O)CCCCCCCCCCCCCCCCCCCCCCCCC/C=C\C/C=C\C/C=C\C/C=C\C/C=C\CC)COP(=O)(O)OCCN. The van der Waals surface area contributed by atoms with E-state index >= 15 is 0 Å². The molecule has 0 aliphatic carbocycles. The van der Waals surface area contributed by atoms with Gasteiger partial charge in [-0.3, -0.25) is 18.6 Å². The van der Waals surface area contributed by atoms with E-state index in [0.29, 0.717) is 6.42 Å². The summed E-state index contributed by atoms with van der Waals surface area (Å²) in [6.45, 7) is 3.43. The molecule has 0 aromatic heterocycles. The Morgan fingerprint density at radius 1 is 0.380 bits per heavy atom. The van der Waals surface area contributed by atoms with Crippen molar-refractivity contribution in [3.05, 3.63) is 134 Å². The number of carbonyl (C=O) groups excluding carboxylic acids is 2. The number of rotatable bonds is 58. The third kappa shape index (κ3) is 63.2. The van der Waals surface area contributed by atoms with Crippen molar-refractivity contribution in [1.29, 1.82) is 0 Å². The molecule has 2 atom stereocenters. The van der Waals surface area contributed by atoms with Crippen LogP contribution in [-0.4, -0.2) is 49.3 Å². The molecule has 0 radical (unpaired) electrons. The zero-order chi connectivity index (χ0) is 57.3. The number of nitrogens with two attached hydrogens (primary N) is 1. The second-order valence-electron chi connectivity index (χ2n) is 20.5. The second kappa shape index (κ2) is 63.3. The minimum absolute atomic E-state index is 0.0372. The first-order chi connectivity index (χ1) is 38.8. The van der Waals surface area contributed by atoms with Crippen molar-refractivity contribution in [1.82, 2.24) is 0 Å². The molecule has 0 amide bonds. The van der Waals surface area contributed by atoms with Gasteiger partial charge in [-0.05, 0) is 96.3 Å². The van der Waals surface area contributed by atoms with Gasteiger partial charge >= 0.3 is 19.8 Å². The van der Waals surface area contributed by atoms with E-state index in [1.165, 1.54) is 135 Å². The number of unbranched alkanes of at least 4 members (excludes halogenated alkanes) is 23. The molecule has 0 fully saturated rings. The molecule has 0 aromatic rings. The maximum Gasteiger partial charge on any atom is 0.472 e. The highest BCUT2D eigenvalue weighted by atomic mass is 31.2. The highest BCUT2D eigenvalue weighted by Crippen LogP contribution is 2.43. The van der Waals surface area contributed by atoms with Crippen LogP contribution in [0.15, 0.2) is 134 Å². The predicted octanol–water partition coefficient (Wildman–Crippen LogP) is 20.5. The van der Waals surface area contributed by atoms with Crippen molar-refractivity contribution in [3.8, 4) is 0 Å². The van der Waals surface area contributed by atoms with Gasteiger partial charge in [-0.1, -0.05) is 282 Å². The Balaban J connectivity index is 3.88. The lowest BCUT2D eigenvalue weighted by Crippen LogP contribution is -2.29. The summed E-state index contributed by atoms with van der Waals surface area (Å²) >= 11 is 0. The molecule has 0 saturated heterocycles. The number of allylic oxidation sites excluding steroid dienone is 22. The molecule has 0 rings (SSSR count). The monoisotopic (exact) mass is 1120 g/mol. The van der Waals surface area contributed by atoms with Crippen molar-refractivity contribution in [2.45, 2.75) is 264 Å². The summed E-state index contributed by atoms with van der Waals surface area (Å²) in [6.07, 6.45) is 89.9. The lowest BCUT2D eigenvalue weighted by atomic mass is 10.0. The van der Waals surface area contributed by atoms with E-state index in [9.17, 15) is 19.0 Å². The Morgan fingerprint density at radius 2 is 0.684 bits per heavy atom. The van der Waals surface area contributed by atoms with Gasteiger partial charge < -0.3 is 20.1 Å². The van der Waals surface area contributed by atoms with Gasteiger partial charge in [0.2, 0.25) is 0 Å². The Hall–Kier alpha value is -3.85. The first kappa shape index (κ1) is 75.2. The first-order valence-electron chi connectivity index (χ1n) is 31.7. The third-order valence-corrected chi connectivity index (χ3v) is 14.0. The van der Waals surface area contributed by atoms with Crippen LogP contribution in [0.2, 0.25) is 0 Å². The van der Waals surface area contributed by atoms with Crippen LogP contribution >= 0.6 is 7.82 Å². The first-order valence-corrected chi connectivity index (χ1v) is 33.2.